The summed E-state index contributed by atoms with van der Waals surface area (Å²) >= 11 is 0. The SMILES string of the molecule is C=C(CC[C@@H](CO)[C@](C)(O)CO)COCc1ccc(OC)cc1. The lowest BCUT2D eigenvalue weighted by atomic mass is 9.86. The van der Waals surface area contributed by atoms with Gasteiger partial charge < -0.3 is 24.8 Å². The van der Waals surface area contributed by atoms with E-state index in [9.17, 15) is 10.2 Å². The Hall–Kier alpha value is -1.40. The van der Waals surface area contributed by atoms with Crippen LogP contribution < -0.4 is 4.74 Å². The predicted molar refractivity (Wildman–Crippen MR) is 89.3 cm³/mol. The fourth-order valence-electron chi connectivity index (χ4n) is 2.21. The van der Waals surface area contributed by atoms with Crippen LogP contribution in [-0.4, -0.2) is 47.9 Å². The monoisotopic (exact) mass is 324 g/mol. The minimum Gasteiger partial charge on any atom is -0.497 e. The van der Waals surface area contributed by atoms with Gasteiger partial charge in [0.05, 0.1) is 32.5 Å². The summed E-state index contributed by atoms with van der Waals surface area (Å²) in [6, 6.07) is 7.66. The molecule has 0 radical (unpaired) electrons. The van der Waals surface area contributed by atoms with Crippen LogP contribution >= 0.6 is 0 Å². The second-order valence-corrected chi connectivity index (χ2v) is 6.02. The summed E-state index contributed by atoms with van der Waals surface area (Å²) in [5, 5.41) is 28.5. The lowest BCUT2D eigenvalue weighted by molar-refractivity contribution is -0.0654. The van der Waals surface area contributed by atoms with E-state index in [2.05, 4.69) is 6.58 Å². The molecule has 0 unspecified atom stereocenters. The van der Waals surface area contributed by atoms with Crippen LogP contribution in [0.3, 0.4) is 0 Å². The van der Waals surface area contributed by atoms with Crippen LogP contribution in [-0.2, 0) is 11.3 Å². The van der Waals surface area contributed by atoms with Crippen molar-refractivity contribution in [3.8, 4) is 5.75 Å². The molecule has 0 aromatic heterocycles. The number of benzene rings is 1. The molecule has 0 heterocycles. The smallest absolute Gasteiger partial charge is 0.118 e. The maximum Gasteiger partial charge on any atom is 0.118 e. The number of rotatable bonds is 11. The number of methoxy groups -OCH3 is 1. The fraction of sp³-hybridized carbons (Fsp3) is 0.556. The van der Waals surface area contributed by atoms with Gasteiger partial charge in [-0.25, -0.2) is 0 Å². The maximum atomic E-state index is 9.98. The predicted octanol–water partition coefficient (Wildman–Crippen LogP) is 1.90. The molecule has 130 valence electrons. The molecule has 0 aliphatic rings. The Morgan fingerprint density at radius 3 is 2.43 bits per heavy atom. The fourth-order valence-corrected chi connectivity index (χ4v) is 2.21. The lowest BCUT2D eigenvalue weighted by Gasteiger charge is -2.30. The summed E-state index contributed by atoms with van der Waals surface area (Å²) in [5.74, 6) is 0.426. The molecule has 0 fully saturated rings. The molecule has 5 heteroatoms. The number of hydrogen-bond donors (Lipinski definition) is 3. The van der Waals surface area contributed by atoms with Gasteiger partial charge in [0.1, 0.15) is 5.75 Å². The molecule has 1 aromatic carbocycles. The van der Waals surface area contributed by atoms with Gasteiger partial charge in [-0.2, -0.15) is 0 Å². The van der Waals surface area contributed by atoms with E-state index in [0.29, 0.717) is 26.1 Å². The molecule has 0 amide bonds. The number of hydrogen-bond acceptors (Lipinski definition) is 5. The van der Waals surface area contributed by atoms with Crippen LogP contribution in [0.2, 0.25) is 0 Å². The Morgan fingerprint density at radius 2 is 1.91 bits per heavy atom. The molecule has 1 aromatic rings. The molecular formula is C18H28O5. The van der Waals surface area contributed by atoms with Crippen molar-refractivity contribution in [3.05, 3.63) is 42.0 Å². The zero-order valence-corrected chi connectivity index (χ0v) is 14.0. The largest absolute Gasteiger partial charge is 0.497 e. The quantitative estimate of drug-likeness (QED) is 0.542. The van der Waals surface area contributed by atoms with Crippen LogP contribution in [0.5, 0.6) is 5.75 Å². The number of aliphatic hydroxyl groups excluding tert-OH is 2. The van der Waals surface area contributed by atoms with Crippen molar-refractivity contribution in [2.24, 2.45) is 5.92 Å². The van der Waals surface area contributed by atoms with Gasteiger partial charge in [-0.15, -0.1) is 0 Å². The van der Waals surface area contributed by atoms with E-state index in [-0.39, 0.29) is 19.1 Å². The van der Waals surface area contributed by atoms with Crippen molar-refractivity contribution >= 4 is 0 Å². The highest BCUT2D eigenvalue weighted by molar-refractivity contribution is 5.26. The highest BCUT2D eigenvalue weighted by Gasteiger charge is 2.30. The minimum absolute atomic E-state index is 0.173. The number of ether oxygens (including phenoxy) is 2. The van der Waals surface area contributed by atoms with Crippen molar-refractivity contribution in [3.63, 3.8) is 0 Å². The Morgan fingerprint density at radius 1 is 1.26 bits per heavy atom. The summed E-state index contributed by atoms with van der Waals surface area (Å²) in [4.78, 5) is 0. The zero-order chi connectivity index (χ0) is 17.3. The summed E-state index contributed by atoms with van der Waals surface area (Å²) in [6.07, 6.45) is 1.18. The molecule has 1 rings (SSSR count). The summed E-state index contributed by atoms with van der Waals surface area (Å²) < 4.78 is 10.7. The molecule has 23 heavy (non-hydrogen) atoms. The molecule has 0 saturated carbocycles. The third kappa shape index (κ3) is 6.71. The Kier molecular flexibility index (Phi) is 8.26. The van der Waals surface area contributed by atoms with Crippen LogP contribution in [0, 0.1) is 5.92 Å². The Balaban J connectivity index is 2.31. The van der Waals surface area contributed by atoms with Crippen molar-refractivity contribution in [1.82, 2.24) is 0 Å². The van der Waals surface area contributed by atoms with E-state index in [1.165, 1.54) is 6.92 Å². The van der Waals surface area contributed by atoms with Gasteiger partial charge >= 0.3 is 0 Å². The molecular weight excluding hydrogens is 296 g/mol. The second-order valence-electron chi connectivity index (χ2n) is 6.02. The average molecular weight is 324 g/mol. The van der Waals surface area contributed by atoms with Gasteiger partial charge in [-0.1, -0.05) is 24.3 Å². The number of aliphatic hydroxyl groups is 3. The van der Waals surface area contributed by atoms with Crippen molar-refractivity contribution in [2.75, 3.05) is 26.9 Å². The standard InChI is InChI=1S/C18H28O5/c1-14(4-7-16(10-19)18(2,21)13-20)11-23-12-15-5-8-17(22-3)9-6-15/h5-6,8-9,16,19-21H,1,4,7,10-13H2,2-3H3/t16-,18+/m0/s1. The zero-order valence-electron chi connectivity index (χ0n) is 14.0. The van der Waals surface area contributed by atoms with Crippen LogP contribution in [0.1, 0.15) is 25.3 Å². The van der Waals surface area contributed by atoms with Crippen molar-refractivity contribution < 1.29 is 24.8 Å². The van der Waals surface area contributed by atoms with Gasteiger partial charge in [0.25, 0.3) is 0 Å². The van der Waals surface area contributed by atoms with E-state index < -0.39 is 5.60 Å². The van der Waals surface area contributed by atoms with Gasteiger partial charge in [0, 0.05) is 12.5 Å². The summed E-state index contributed by atoms with van der Waals surface area (Å²) in [6.45, 7) is 5.84. The maximum absolute atomic E-state index is 9.98. The van der Waals surface area contributed by atoms with Gasteiger partial charge in [-0.3, -0.25) is 0 Å². The highest BCUT2D eigenvalue weighted by atomic mass is 16.5. The Bertz CT molecular complexity index is 467. The van der Waals surface area contributed by atoms with E-state index in [4.69, 9.17) is 14.6 Å². The molecule has 2 atom stereocenters. The second kappa shape index (κ2) is 9.67. The first-order chi connectivity index (χ1) is 10.9. The first-order valence-electron chi connectivity index (χ1n) is 7.74. The van der Waals surface area contributed by atoms with Gasteiger partial charge in [0.2, 0.25) is 0 Å². The highest BCUT2D eigenvalue weighted by Crippen LogP contribution is 2.23. The molecule has 0 aliphatic heterocycles. The normalized spacial score (nSPS) is 15.0. The summed E-state index contributed by atoms with van der Waals surface area (Å²) in [7, 11) is 1.63. The molecule has 0 bridgehead atoms. The van der Waals surface area contributed by atoms with E-state index in [0.717, 1.165) is 16.9 Å². The third-order valence-electron chi connectivity index (χ3n) is 4.00. The third-order valence-corrected chi connectivity index (χ3v) is 4.00. The first kappa shape index (κ1) is 19.6. The lowest BCUT2D eigenvalue weighted by Crippen LogP contribution is -2.40. The van der Waals surface area contributed by atoms with Gasteiger partial charge in [-0.05, 0) is 37.5 Å². The molecule has 0 saturated heterocycles. The topological polar surface area (TPSA) is 79.2 Å². The van der Waals surface area contributed by atoms with E-state index in [1.54, 1.807) is 7.11 Å². The van der Waals surface area contributed by atoms with Crippen molar-refractivity contribution in [1.29, 1.82) is 0 Å². The minimum atomic E-state index is -1.28. The van der Waals surface area contributed by atoms with E-state index in [1.807, 2.05) is 24.3 Å². The van der Waals surface area contributed by atoms with Crippen LogP contribution in [0.15, 0.2) is 36.4 Å². The molecule has 3 N–H and O–H groups in total. The van der Waals surface area contributed by atoms with Gasteiger partial charge in [0.15, 0.2) is 0 Å². The van der Waals surface area contributed by atoms with Crippen LogP contribution in [0.4, 0.5) is 0 Å². The molecule has 0 aliphatic carbocycles. The van der Waals surface area contributed by atoms with Crippen LogP contribution in [0.25, 0.3) is 0 Å². The van der Waals surface area contributed by atoms with Crippen molar-refractivity contribution in [2.45, 2.75) is 32.0 Å². The summed E-state index contributed by atoms with van der Waals surface area (Å²) in [5.41, 5.74) is 0.666. The average Bonchev–Trinajstić information content (AvgIpc) is 2.55. The first-order valence-corrected chi connectivity index (χ1v) is 7.74. The van der Waals surface area contributed by atoms with E-state index >= 15 is 0 Å². The molecule has 0 spiro atoms. The molecule has 5 nitrogen and oxygen atoms in total. The Labute approximate surface area is 138 Å².